The molecule has 0 saturated carbocycles. The molecule has 132 valence electrons. The van der Waals surface area contributed by atoms with Gasteiger partial charge in [-0.2, -0.15) is 0 Å². The predicted molar refractivity (Wildman–Crippen MR) is 97.2 cm³/mol. The lowest BCUT2D eigenvalue weighted by Gasteiger charge is -2.34. The Labute approximate surface area is 151 Å². The van der Waals surface area contributed by atoms with Crippen LogP contribution in [0.2, 0.25) is 0 Å². The fraction of sp³-hybridized carbons (Fsp3) is 0.556. The summed E-state index contributed by atoms with van der Waals surface area (Å²) in [5, 5.41) is 2.87. The maximum absolute atomic E-state index is 12.8. The van der Waals surface area contributed by atoms with Gasteiger partial charge in [-0.15, -0.1) is 0 Å². The molecule has 1 N–H and O–H groups in total. The van der Waals surface area contributed by atoms with Crippen LogP contribution in [0.15, 0.2) is 22.7 Å². The zero-order valence-corrected chi connectivity index (χ0v) is 16.3. The molecule has 2 rings (SSSR count). The molecular weight excluding hydrogens is 372 g/mol. The summed E-state index contributed by atoms with van der Waals surface area (Å²) in [5.74, 6) is -0.0127. The molecule has 1 aromatic rings. The molecule has 1 atom stereocenters. The van der Waals surface area contributed by atoms with Gasteiger partial charge >= 0.3 is 6.09 Å². The van der Waals surface area contributed by atoms with E-state index in [0.717, 1.165) is 22.9 Å². The van der Waals surface area contributed by atoms with Crippen LogP contribution in [-0.2, 0) is 4.74 Å². The molecule has 5 nitrogen and oxygen atoms in total. The summed E-state index contributed by atoms with van der Waals surface area (Å²) in [5.41, 5.74) is 1.18. The van der Waals surface area contributed by atoms with Crippen LogP contribution in [0.4, 0.5) is 4.79 Å². The monoisotopic (exact) mass is 396 g/mol. The largest absolute Gasteiger partial charge is 0.444 e. The average molecular weight is 397 g/mol. The first-order valence-corrected chi connectivity index (χ1v) is 9.00. The molecule has 0 bridgehead atoms. The van der Waals surface area contributed by atoms with Crippen LogP contribution in [-0.4, -0.2) is 41.6 Å². The Bertz CT molecular complexity index is 625. The quantitative estimate of drug-likeness (QED) is 0.824. The van der Waals surface area contributed by atoms with Crippen molar-refractivity contribution in [1.29, 1.82) is 0 Å². The van der Waals surface area contributed by atoms with Crippen LogP contribution in [0.3, 0.4) is 0 Å². The Kier molecular flexibility index (Phi) is 5.91. The van der Waals surface area contributed by atoms with E-state index in [0.29, 0.717) is 18.7 Å². The molecule has 6 heteroatoms. The maximum atomic E-state index is 12.8. The fourth-order valence-electron chi connectivity index (χ4n) is 2.73. The molecule has 0 spiro atoms. The summed E-state index contributed by atoms with van der Waals surface area (Å²) in [7, 11) is 0. The lowest BCUT2D eigenvalue weighted by molar-refractivity contribution is 0.0452. The number of benzene rings is 1. The fourth-order valence-corrected chi connectivity index (χ4v) is 3.14. The van der Waals surface area contributed by atoms with E-state index in [1.54, 1.807) is 4.90 Å². The number of amides is 2. The SMILES string of the molecule is Cc1ccc(Br)c(C(=O)N2CCC[C@H](NC(=O)OC(C)(C)C)C2)c1. The molecule has 1 fully saturated rings. The first-order chi connectivity index (χ1) is 11.2. The van der Waals surface area contributed by atoms with E-state index in [1.807, 2.05) is 45.9 Å². The summed E-state index contributed by atoms with van der Waals surface area (Å²) in [6.45, 7) is 8.66. The van der Waals surface area contributed by atoms with E-state index in [1.165, 1.54) is 0 Å². The number of alkyl carbamates (subject to hydrolysis) is 1. The first-order valence-electron chi connectivity index (χ1n) is 8.20. The highest BCUT2D eigenvalue weighted by Gasteiger charge is 2.27. The standard InChI is InChI=1S/C18H25BrN2O3/c1-12-7-8-15(19)14(10-12)16(22)21-9-5-6-13(11-21)20-17(23)24-18(2,3)4/h7-8,10,13H,5-6,9,11H2,1-4H3,(H,20,23)/t13-/m0/s1. The molecule has 1 aliphatic rings. The zero-order valence-electron chi connectivity index (χ0n) is 14.7. The van der Waals surface area contributed by atoms with Crippen molar-refractivity contribution in [3.05, 3.63) is 33.8 Å². The summed E-state index contributed by atoms with van der Waals surface area (Å²) >= 11 is 3.45. The summed E-state index contributed by atoms with van der Waals surface area (Å²) in [6, 6.07) is 5.66. The van der Waals surface area contributed by atoms with E-state index < -0.39 is 11.7 Å². The third-order valence-corrected chi connectivity index (χ3v) is 4.47. The minimum absolute atomic E-state index is 0.0127. The van der Waals surface area contributed by atoms with E-state index in [2.05, 4.69) is 21.2 Å². The molecule has 2 amide bonds. The number of hydrogen-bond acceptors (Lipinski definition) is 3. The predicted octanol–water partition coefficient (Wildman–Crippen LogP) is 3.89. The minimum atomic E-state index is -0.527. The Morgan fingerprint density at radius 1 is 1.33 bits per heavy atom. The van der Waals surface area contributed by atoms with Gasteiger partial charge in [0, 0.05) is 23.6 Å². The van der Waals surface area contributed by atoms with E-state index >= 15 is 0 Å². The molecule has 1 saturated heterocycles. The van der Waals surface area contributed by atoms with Crippen LogP contribution in [0.25, 0.3) is 0 Å². The number of nitrogens with one attached hydrogen (secondary N) is 1. The Balaban J connectivity index is 2.01. The molecule has 1 aliphatic heterocycles. The molecule has 0 aliphatic carbocycles. The maximum Gasteiger partial charge on any atom is 0.407 e. The van der Waals surface area contributed by atoms with Crippen molar-refractivity contribution >= 4 is 27.9 Å². The number of carbonyl (C=O) groups excluding carboxylic acids is 2. The first kappa shape index (κ1) is 18.8. The van der Waals surface area contributed by atoms with Gasteiger partial charge in [-0.25, -0.2) is 4.79 Å². The average Bonchev–Trinajstić information content (AvgIpc) is 2.47. The van der Waals surface area contributed by atoms with Crippen LogP contribution in [0.1, 0.15) is 49.5 Å². The normalized spacial score (nSPS) is 18.2. The van der Waals surface area contributed by atoms with Gasteiger partial charge < -0.3 is 15.0 Å². The Hall–Kier alpha value is -1.56. The third-order valence-electron chi connectivity index (χ3n) is 3.78. The molecule has 0 aromatic heterocycles. The number of carbonyl (C=O) groups is 2. The smallest absolute Gasteiger partial charge is 0.407 e. The van der Waals surface area contributed by atoms with Gasteiger partial charge in [-0.05, 0) is 68.6 Å². The van der Waals surface area contributed by atoms with Crippen molar-refractivity contribution < 1.29 is 14.3 Å². The van der Waals surface area contributed by atoms with Gasteiger partial charge in [0.25, 0.3) is 5.91 Å². The second-order valence-electron chi connectivity index (χ2n) is 7.22. The molecule has 0 radical (unpaired) electrons. The van der Waals surface area contributed by atoms with Crippen molar-refractivity contribution in [2.45, 2.75) is 52.2 Å². The lowest BCUT2D eigenvalue weighted by atomic mass is 10.0. The van der Waals surface area contributed by atoms with Crippen LogP contribution in [0, 0.1) is 6.92 Å². The number of ether oxygens (including phenoxy) is 1. The zero-order chi connectivity index (χ0) is 17.9. The molecular formula is C18H25BrN2O3. The third kappa shape index (κ3) is 5.23. The number of nitrogens with zero attached hydrogens (tertiary/aromatic N) is 1. The topological polar surface area (TPSA) is 58.6 Å². The van der Waals surface area contributed by atoms with Crippen molar-refractivity contribution in [2.75, 3.05) is 13.1 Å². The Morgan fingerprint density at radius 3 is 2.71 bits per heavy atom. The van der Waals surface area contributed by atoms with Crippen LogP contribution in [0.5, 0.6) is 0 Å². The van der Waals surface area contributed by atoms with Gasteiger partial charge in [0.2, 0.25) is 0 Å². The highest BCUT2D eigenvalue weighted by atomic mass is 79.9. The van der Waals surface area contributed by atoms with E-state index in [9.17, 15) is 9.59 Å². The number of aryl methyl sites for hydroxylation is 1. The highest BCUT2D eigenvalue weighted by molar-refractivity contribution is 9.10. The number of rotatable bonds is 2. The van der Waals surface area contributed by atoms with E-state index in [4.69, 9.17) is 4.74 Å². The lowest BCUT2D eigenvalue weighted by Crippen LogP contribution is -2.50. The number of piperidine rings is 1. The van der Waals surface area contributed by atoms with Crippen molar-refractivity contribution in [2.24, 2.45) is 0 Å². The number of halogens is 1. The van der Waals surface area contributed by atoms with Gasteiger partial charge in [0.05, 0.1) is 5.56 Å². The highest BCUT2D eigenvalue weighted by Crippen LogP contribution is 2.22. The number of likely N-dealkylation sites (tertiary alicyclic amines) is 1. The van der Waals surface area contributed by atoms with Crippen LogP contribution >= 0.6 is 15.9 Å². The molecule has 0 unspecified atom stereocenters. The summed E-state index contributed by atoms with van der Waals surface area (Å²) in [4.78, 5) is 26.5. The number of hydrogen-bond donors (Lipinski definition) is 1. The Morgan fingerprint density at radius 2 is 2.04 bits per heavy atom. The van der Waals surface area contributed by atoms with Crippen molar-refractivity contribution in [3.8, 4) is 0 Å². The molecule has 24 heavy (non-hydrogen) atoms. The van der Waals surface area contributed by atoms with Gasteiger partial charge in [0.15, 0.2) is 0 Å². The summed E-state index contributed by atoms with van der Waals surface area (Å²) in [6.07, 6.45) is 1.27. The van der Waals surface area contributed by atoms with Gasteiger partial charge in [0.1, 0.15) is 5.60 Å². The second-order valence-corrected chi connectivity index (χ2v) is 8.07. The van der Waals surface area contributed by atoms with Crippen molar-refractivity contribution in [1.82, 2.24) is 10.2 Å². The van der Waals surface area contributed by atoms with Crippen LogP contribution < -0.4 is 5.32 Å². The van der Waals surface area contributed by atoms with Crippen molar-refractivity contribution in [3.63, 3.8) is 0 Å². The van der Waals surface area contributed by atoms with E-state index in [-0.39, 0.29) is 11.9 Å². The summed E-state index contributed by atoms with van der Waals surface area (Å²) < 4.78 is 6.09. The van der Waals surface area contributed by atoms with Gasteiger partial charge in [-0.3, -0.25) is 4.79 Å². The van der Waals surface area contributed by atoms with Gasteiger partial charge in [-0.1, -0.05) is 11.6 Å². The second kappa shape index (κ2) is 7.55. The molecule has 1 aromatic carbocycles. The minimum Gasteiger partial charge on any atom is -0.444 e. The molecule has 1 heterocycles.